The van der Waals surface area contributed by atoms with Gasteiger partial charge in [0.15, 0.2) is 0 Å². The van der Waals surface area contributed by atoms with E-state index in [1.54, 1.807) is 25.3 Å². The molecule has 0 bridgehead atoms. The molecule has 0 amide bonds. The summed E-state index contributed by atoms with van der Waals surface area (Å²) in [5.74, 6) is 0.487. The van der Waals surface area contributed by atoms with Crippen LogP contribution in [-0.2, 0) is 6.54 Å². The van der Waals surface area contributed by atoms with Crippen molar-refractivity contribution in [1.29, 1.82) is 0 Å². The molecule has 4 heteroatoms. The van der Waals surface area contributed by atoms with Gasteiger partial charge < -0.3 is 15.4 Å². The summed E-state index contributed by atoms with van der Waals surface area (Å²) in [5.41, 5.74) is 7.97. The average Bonchev–Trinajstić information content (AvgIpc) is 2.40. The van der Waals surface area contributed by atoms with Crippen molar-refractivity contribution < 1.29 is 9.13 Å². The smallest absolute Gasteiger partial charge is 0.128 e. The highest BCUT2D eigenvalue weighted by molar-refractivity contribution is 5.60. The molecule has 2 N–H and O–H groups in total. The SMILES string of the molecule is COc1cc(N)cc(N(C)Cc2ccccc2F)c1. The zero-order chi connectivity index (χ0) is 13.8. The summed E-state index contributed by atoms with van der Waals surface area (Å²) in [7, 11) is 3.48. The fourth-order valence-electron chi connectivity index (χ4n) is 1.92. The number of hydrogen-bond donors (Lipinski definition) is 1. The molecule has 2 rings (SSSR count). The summed E-state index contributed by atoms with van der Waals surface area (Å²) >= 11 is 0. The average molecular weight is 260 g/mol. The van der Waals surface area contributed by atoms with Crippen molar-refractivity contribution in [3.8, 4) is 5.75 Å². The second-order valence-electron chi connectivity index (χ2n) is 4.41. The first-order valence-corrected chi connectivity index (χ1v) is 5.99. The first kappa shape index (κ1) is 13.2. The fourth-order valence-corrected chi connectivity index (χ4v) is 1.92. The van der Waals surface area contributed by atoms with Crippen LogP contribution in [0.2, 0.25) is 0 Å². The molecule has 0 aliphatic heterocycles. The minimum Gasteiger partial charge on any atom is -0.497 e. The monoisotopic (exact) mass is 260 g/mol. The van der Waals surface area contributed by atoms with Gasteiger partial charge in [-0.15, -0.1) is 0 Å². The Balaban J connectivity index is 2.22. The largest absolute Gasteiger partial charge is 0.497 e. The Morgan fingerprint density at radius 3 is 2.63 bits per heavy atom. The standard InChI is InChI=1S/C15H17FN2O/c1-18(10-11-5-3-4-6-15(11)16)13-7-12(17)8-14(9-13)19-2/h3-9H,10,17H2,1-2H3. The van der Waals surface area contributed by atoms with Crippen LogP contribution in [0.25, 0.3) is 0 Å². The van der Waals surface area contributed by atoms with Crippen LogP contribution in [0.15, 0.2) is 42.5 Å². The molecule has 0 fully saturated rings. The number of anilines is 2. The Hall–Kier alpha value is -2.23. The minimum atomic E-state index is -0.204. The van der Waals surface area contributed by atoms with E-state index in [1.807, 2.05) is 30.1 Å². The van der Waals surface area contributed by atoms with Crippen molar-refractivity contribution in [2.45, 2.75) is 6.54 Å². The van der Waals surface area contributed by atoms with Crippen molar-refractivity contribution in [2.75, 3.05) is 24.8 Å². The summed E-state index contributed by atoms with van der Waals surface area (Å²) in [5, 5.41) is 0. The third-order valence-electron chi connectivity index (χ3n) is 2.96. The third-order valence-corrected chi connectivity index (χ3v) is 2.96. The van der Waals surface area contributed by atoms with Crippen LogP contribution in [0.4, 0.5) is 15.8 Å². The lowest BCUT2D eigenvalue weighted by atomic mass is 10.2. The van der Waals surface area contributed by atoms with Gasteiger partial charge in [0, 0.05) is 42.7 Å². The Kier molecular flexibility index (Phi) is 3.90. The lowest BCUT2D eigenvalue weighted by Crippen LogP contribution is -2.17. The lowest BCUT2D eigenvalue weighted by Gasteiger charge is -2.21. The zero-order valence-corrected chi connectivity index (χ0v) is 11.1. The zero-order valence-electron chi connectivity index (χ0n) is 11.1. The topological polar surface area (TPSA) is 38.5 Å². The highest BCUT2D eigenvalue weighted by Crippen LogP contribution is 2.25. The van der Waals surface area contributed by atoms with E-state index in [2.05, 4.69) is 0 Å². The number of nitrogens with two attached hydrogens (primary N) is 1. The molecular formula is C15H17FN2O. The van der Waals surface area contributed by atoms with Crippen molar-refractivity contribution >= 4 is 11.4 Å². The predicted octanol–water partition coefficient (Wildman–Crippen LogP) is 3.05. The molecule has 19 heavy (non-hydrogen) atoms. The number of rotatable bonds is 4. The maximum absolute atomic E-state index is 13.6. The van der Waals surface area contributed by atoms with Crippen molar-refractivity contribution in [3.05, 3.63) is 53.8 Å². The van der Waals surface area contributed by atoms with E-state index in [0.29, 0.717) is 23.5 Å². The lowest BCUT2D eigenvalue weighted by molar-refractivity contribution is 0.415. The molecule has 0 atom stereocenters. The number of hydrogen-bond acceptors (Lipinski definition) is 3. The van der Waals surface area contributed by atoms with Crippen LogP contribution in [0.5, 0.6) is 5.75 Å². The summed E-state index contributed by atoms with van der Waals surface area (Å²) in [4.78, 5) is 1.93. The van der Waals surface area contributed by atoms with Crippen molar-refractivity contribution in [3.63, 3.8) is 0 Å². The molecule has 0 aliphatic carbocycles. The molecule has 0 unspecified atom stereocenters. The van der Waals surface area contributed by atoms with Crippen LogP contribution >= 0.6 is 0 Å². The van der Waals surface area contributed by atoms with Gasteiger partial charge in [-0.3, -0.25) is 0 Å². The summed E-state index contributed by atoms with van der Waals surface area (Å²) in [6.45, 7) is 0.472. The molecule has 100 valence electrons. The van der Waals surface area contributed by atoms with E-state index in [1.165, 1.54) is 6.07 Å². The van der Waals surface area contributed by atoms with E-state index in [9.17, 15) is 4.39 Å². The quantitative estimate of drug-likeness (QED) is 0.859. The fraction of sp³-hybridized carbons (Fsp3) is 0.200. The normalized spacial score (nSPS) is 10.3. The summed E-state index contributed by atoms with van der Waals surface area (Å²) in [6.07, 6.45) is 0. The number of ether oxygens (including phenoxy) is 1. The van der Waals surface area contributed by atoms with Gasteiger partial charge >= 0.3 is 0 Å². The van der Waals surface area contributed by atoms with Crippen LogP contribution in [0.3, 0.4) is 0 Å². The Morgan fingerprint density at radius 2 is 1.95 bits per heavy atom. The van der Waals surface area contributed by atoms with Gasteiger partial charge in [0.25, 0.3) is 0 Å². The van der Waals surface area contributed by atoms with E-state index in [0.717, 1.165) is 5.69 Å². The maximum atomic E-state index is 13.6. The van der Waals surface area contributed by atoms with Crippen LogP contribution in [0, 0.1) is 5.82 Å². The Morgan fingerprint density at radius 1 is 1.21 bits per heavy atom. The van der Waals surface area contributed by atoms with Gasteiger partial charge in [-0.05, 0) is 12.1 Å². The number of benzene rings is 2. The molecule has 3 nitrogen and oxygen atoms in total. The van der Waals surface area contributed by atoms with E-state index < -0.39 is 0 Å². The molecule has 0 aromatic heterocycles. The number of nitrogen functional groups attached to an aromatic ring is 1. The van der Waals surface area contributed by atoms with Gasteiger partial charge in [0.2, 0.25) is 0 Å². The van der Waals surface area contributed by atoms with Gasteiger partial charge in [0.1, 0.15) is 11.6 Å². The second kappa shape index (κ2) is 5.61. The highest BCUT2D eigenvalue weighted by Gasteiger charge is 2.08. The van der Waals surface area contributed by atoms with Gasteiger partial charge in [0.05, 0.1) is 7.11 Å². The number of nitrogens with zero attached hydrogens (tertiary/aromatic N) is 1. The van der Waals surface area contributed by atoms with Crippen molar-refractivity contribution in [1.82, 2.24) is 0 Å². The van der Waals surface area contributed by atoms with Crippen LogP contribution in [0.1, 0.15) is 5.56 Å². The second-order valence-corrected chi connectivity index (χ2v) is 4.41. The predicted molar refractivity (Wildman–Crippen MR) is 75.9 cm³/mol. The van der Waals surface area contributed by atoms with Gasteiger partial charge in [-0.1, -0.05) is 18.2 Å². The molecule has 0 saturated carbocycles. The third kappa shape index (κ3) is 3.16. The summed E-state index contributed by atoms with van der Waals surface area (Å²) < 4.78 is 18.8. The number of halogens is 1. The highest BCUT2D eigenvalue weighted by atomic mass is 19.1. The van der Waals surface area contributed by atoms with Gasteiger partial charge in [-0.25, -0.2) is 4.39 Å². The van der Waals surface area contributed by atoms with E-state index in [4.69, 9.17) is 10.5 Å². The van der Waals surface area contributed by atoms with Crippen LogP contribution < -0.4 is 15.4 Å². The Labute approximate surface area is 112 Å². The van der Waals surface area contributed by atoms with Gasteiger partial charge in [-0.2, -0.15) is 0 Å². The molecule has 2 aromatic carbocycles. The molecule has 0 radical (unpaired) electrons. The molecule has 2 aromatic rings. The molecule has 0 aliphatic rings. The molecule has 0 saturated heterocycles. The van der Waals surface area contributed by atoms with Crippen molar-refractivity contribution in [2.24, 2.45) is 0 Å². The first-order chi connectivity index (χ1) is 9.10. The Bertz CT molecular complexity index is 572. The van der Waals surface area contributed by atoms with E-state index >= 15 is 0 Å². The summed E-state index contributed by atoms with van der Waals surface area (Å²) in [6, 6.07) is 12.2. The van der Waals surface area contributed by atoms with E-state index in [-0.39, 0.29) is 5.82 Å². The minimum absolute atomic E-state index is 0.204. The molecule has 0 heterocycles. The number of methoxy groups -OCH3 is 1. The van der Waals surface area contributed by atoms with Crippen LogP contribution in [-0.4, -0.2) is 14.2 Å². The first-order valence-electron chi connectivity index (χ1n) is 5.99. The molecular weight excluding hydrogens is 243 g/mol. The maximum Gasteiger partial charge on any atom is 0.128 e. The molecule has 0 spiro atoms.